The first kappa shape index (κ1) is 9.73. The van der Waals surface area contributed by atoms with Gasteiger partial charge >= 0.3 is 6.18 Å². The minimum absolute atomic E-state index is 0.0755. The first-order valence-electron chi connectivity index (χ1n) is 2.67. The van der Waals surface area contributed by atoms with Crippen molar-refractivity contribution in [3.8, 4) is 0 Å². The summed E-state index contributed by atoms with van der Waals surface area (Å²) < 4.78 is 35.9. The molecule has 1 aromatic heterocycles. The molecule has 0 aliphatic rings. The van der Waals surface area contributed by atoms with Crippen molar-refractivity contribution in [3.63, 3.8) is 0 Å². The maximum atomic E-state index is 11.9. The van der Waals surface area contributed by atoms with E-state index >= 15 is 0 Å². The molecular formula is C5HBrClF3N2. The van der Waals surface area contributed by atoms with E-state index in [-0.39, 0.29) is 9.63 Å². The predicted molar refractivity (Wildman–Crippen MR) is 39.7 cm³/mol. The third-order valence-electron chi connectivity index (χ3n) is 0.996. The molecule has 0 fully saturated rings. The number of alkyl halides is 3. The van der Waals surface area contributed by atoms with E-state index in [1.165, 1.54) is 0 Å². The van der Waals surface area contributed by atoms with Crippen molar-refractivity contribution in [2.45, 2.75) is 6.18 Å². The van der Waals surface area contributed by atoms with Gasteiger partial charge in [-0.1, -0.05) is 11.6 Å². The van der Waals surface area contributed by atoms with Crippen LogP contribution in [0.2, 0.25) is 5.15 Å². The molecule has 0 unspecified atom stereocenters. The van der Waals surface area contributed by atoms with Gasteiger partial charge in [-0.25, -0.2) is 0 Å². The molecule has 1 rings (SSSR count). The Labute approximate surface area is 78.9 Å². The SMILES string of the molecule is FC(F)(F)c1cc(Br)c(Cl)nn1. The second-order valence-electron chi connectivity index (χ2n) is 1.87. The fourth-order valence-corrected chi connectivity index (χ4v) is 0.881. The van der Waals surface area contributed by atoms with Gasteiger partial charge in [-0.05, 0) is 22.0 Å². The highest BCUT2D eigenvalue weighted by Crippen LogP contribution is 2.30. The smallest absolute Gasteiger partial charge is 0.164 e. The van der Waals surface area contributed by atoms with E-state index < -0.39 is 11.9 Å². The summed E-state index contributed by atoms with van der Waals surface area (Å²) in [7, 11) is 0. The molecule has 0 atom stereocenters. The summed E-state index contributed by atoms with van der Waals surface area (Å²) >= 11 is 8.15. The third kappa shape index (κ3) is 2.07. The summed E-state index contributed by atoms with van der Waals surface area (Å²) in [6.45, 7) is 0. The molecule has 0 aliphatic heterocycles. The van der Waals surface area contributed by atoms with E-state index in [9.17, 15) is 13.2 Å². The second-order valence-corrected chi connectivity index (χ2v) is 3.08. The van der Waals surface area contributed by atoms with Gasteiger partial charge < -0.3 is 0 Å². The average molecular weight is 261 g/mol. The third-order valence-corrected chi connectivity index (χ3v) is 2.11. The zero-order valence-corrected chi connectivity index (χ0v) is 7.70. The molecule has 66 valence electrons. The number of halogens is 5. The number of hydrogen-bond acceptors (Lipinski definition) is 2. The Hall–Kier alpha value is -0.360. The summed E-state index contributed by atoms with van der Waals surface area (Å²) in [5.41, 5.74) is -1.07. The molecule has 0 bridgehead atoms. The van der Waals surface area contributed by atoms with E-state index in [1.54, 1.807) is 0 Å². The van der Waals surface area contributed by atoms with Crippen LogP contribution in [0.25, 0.3) is 0 Å². The Balaban J connectivity index is 3.14. The lowest BCUT2D eigenvalue weighted by Crippen LogP contribution is -2.08. The summed E-state index contributed by atoms with van der Waals surface area (Å²) in [4.78, 5) is 0. The van der Waals surface area contributed by atoms with Crippen molar-refractivity contribution in [1.82, 2.24) is 10.2 Å². The van der Waals surface area contributed by atoms with Crippen LogP contribution in [0.15, 0.2) is 10.5 Å². The van der Waals surface area contributed by atoms with Gasteiger partial charge in [-0.2, -0.15) is 13.2 Å². The van der Waals surface area contributed by atoms with E-state index in [1.807, 2.05) is 0 Å². The largest absolute Gasteiger partial charge is 0.435 e. The zero-order chi connectivity index (χ0) is 9.35. The summed E-state index contributed by atoms with van der Waals surface area (Å²) in [6.07, 6.45) is -4.49. The monoisotopic (exact) mass is 260 g/mol. The molecule has 0 aromatic carbocycles. The molecule has 0 aliphatic carbocycles. The van der Waals surface area contributed by atoms with Crippen LogP contribution in [0.5, 0.6) is 0 Å². The fraction of sp³-hybridized carbons (Fsp3) is 0.200. The fourth-order valence-electron chi connectivity index (χ4n) is 0.493. The Morgan fingerprint density at radius 3 is 2.33 bits per heavy atom. The van der Waals surface area contributed by atoms with Crippen LogP contribution in [-0.2, 0) is 6.18 Å². The highest BCUT2D eigenvalue weighted by Gasteiger charge is 2.33. The number of aromatic nitrogens is 2. The topological polar surface area (TPSA) is 25.8 Å². The Morgan fingerprint density at radius 2 is 1.92 bits per heavy atom. The van der Waals surface area contributed by atoms with Gasteiger partial charge in [0, 0.05) is 0 Å². The lowest BCUT2D eigenvalue weighted by atomic mass is 10.4. The van der Waals surface area contributed by atoms with E-state index in [0.29, 0.717) is 0 Å². The minimum atomic E-state index is -4.49. The molecule has 12 heavy (non-hydrogen) atoms. The predicted octanol–water partition coefficient (Wildman–Crippen LogP) is 2.91. The molecule has 7 heteroatoms. The second kappa shape index (κ2) is 3.18. The Kier molecular flexibility index (Phi) is 2.58. The van der Waals surface area contributed by atoms with Gasteiger partial charge in [0.1, 0.15) is 0 Å². The lowest BCUT2D eigenvalue weighted by Gasteiger charge is -2.04. The van der Waals surface area contributed by atoms with Gasteiger partial charge in [0.15, 0.2) is 10.8 Å². The van der Waals surface area contributed by atoms with Crippen molar-refractivity contribution in [1.29, 1.82) is 0 Å². The van der Waals surface area contributed by atoms with Crippen LogP contribution in [0, 0.1) is 0 Å². The van der Waals surface area contributed by atoms with Crippen molar-refractivity contribution in [3.05, 3.63) is 21.4 Å². The first-order valence-corrected chi connectivity index (χ1v) is 3.84. The van der Waals surface area contributed by atoms with Crippen molar-refractivity contribution in [2.75, 3.05) is 0 Å². The van der Waals surface area contributed by atoms with Crippen LogP contribution < -0.4 is 0 Å². The van der Waals surface area contributed by atoms with Crippen LogP contribution in [-0.4, -0.2) is 10.2 Å². The standard InChI is InChI=1S/C5HBrClF3N2/c6-2-1-3(5(8,9)10)11-12-4(2)7/h1H. The van der Waals surface area contributed by atoms with Crippen molar-refractivity contribution in [2.24, 2.45) is 0 Å². The summed E-state index contributed by atoms with van der Waals surface area (Å²) in [5, 5.41) is 5.87. The zero-order valence-electron chi connectivity index (χ0n) is 5.36. The van der Waals surface area contributed by atoms with Crippen molar-refractivity contribution < 1.29 is 13.2 Å². The lowest BCUT2D eigenvalue weighted by molar-refractivity contribution is -0.141. The summed E-state index contributed by atoms with van der Waals surface area (Å²) in [5.74, 6) is 0. The molecule has 2 nitrogen and oxygen atoms in total. The quantitative estimate of drug-likeness (QED) is 0.717. The van der Waals surface area contributed by atoms with E-state index in [0.717, 1.165) is 6.07 Å². The minimum Gasteiger partial charge on any atom is -0.164 e. The van der Waals surface area contributed by atoms with Gasteiger partial charge in [0.2, 0.25) is 0 Å². The van der Waals surface area contributed by atoms with E-state index in [2.05, 4.69) is 26.1 Å². The van der Waals surface area contributed by atoms with Crippen LogP contribution in [0.3, 0.4) is 0 Å². The van der Waals surface area contributed by atoms with Crippen LogP contribution >= 0.6 is 27.5 Å². The van der Waals surface area contributed by atoms with Crippen molar-refractivity contribution >= 4 is 27.5 Å². The average Bonchev–Trinajstić information content (AvgIpc) is 1.92. The molecule has 1 aromatic rings. The van der Waals surface area contributed by atoms with Crippen LogP contribution in [0.4, 0.5) is 13.2 Å². The molecule has 1 heterocycles. The molecular weight excluding hydrogens is 260 g/mol. The molecule has 0 N–H and O–H groups in total. The molecule has 0 saturated heterocycles. The number of nitrogens with zero attached hydrogens (tertiary/aromatic N) is 2. The molecule has 0 spiro atoms. The Bertz CT molecular complexity index is 301. The maximum Gasteiger partial charge on any atom is 0.435 e. The van der Waals surface area contributed by atoms with Gasteiger partial charge in [-0.3, -0.25) is 0 Å². The maximum absolute atomic E-state index is 11.9. The number of rotatable bonds is 0. The number of hydrogen-bond donors (Lipinski definition) is 0. The normalized spacial score (nSPS) is 11.8. The summed E-state index contributed by atoms with van der Waals surface area (Å²) in [6, 6.07) is 0.773. The highest BCUT2D eigenvalue weighted by atomic mass is 79.9. The van der Waals surface area contributed by atoms with E-state index in [4.69, 9.17) is 11.6 Å². The molecule has 0 amide bonds. The van der Waals surface area contributed by atoms with Gasteiger partial charge in [0.25, 0.3) is 0 Å². The first-order chi connectivity index (χ1) is 5.41. The van der Waals surface area contributed by atoms with Gasteiger partial charge in [-0.15, -0.1) is 10.2 Å². The van der Waals surface area contributed by atoms with Gasteiger partial charge in [0.05, 0.1) is 4.47 Å². The van der Waals surface area contributed by atoms with Crippen LogP contribution in [0.1, 0.15) is 5.69 Å². The molecule has 0 radical (unpaired) electrons. The molecule has 0 saturated carbocycles. The highest BCUT2D eigenvalue weighted by molar-refractivity contribution is 9.10. The Morgan fingerprint density at radius 1 is 1.33 bits per heavy atom.